The van der Waals surface area contributed by atoms with Gasteiger partial charge < -0.3 is 10.2 Å². The van der Waals surface area contributed by atoms with Crippen LogP contribution in [0.25, 0.3) is 0 Å². The number of hydrogen-bond donors (Lipinski definition) is 2. The molecule has 2 N–H and O–H groups in total. The van der Waals surface area contributed by atoms with Gasteiger partial charge in [0.2, 0.25) is 0 Å². The highest BCUT2D eigenvalue weighted by Gasteiger charge is 2.16. The maximum atomic E-state index is 12.4. The number of rotatable bonds is 4. The van der Waals surface area contributed by atoms with Crippen LogP contribution in [0.4, 0.5) is 0 Å². The maximum absolute atomic E-state index is 12.4. The van der Waals surface area contributed by atoms with Crippen molar-refractivity contribution in [2.45, 2.75) is 6.42 Å². The maximum Gasteiger partial charge on any atom is 0.307 e. The van der Waals surface area contributed by atoms with Gasteiger partial charge in [-0.3, -0.25) is 9.59 Å². The van der Waals surface area contributed by atoms with Gasteiger partial charge in [-0.1, -0.05) is 23.2 Å². The number of phenolic OH excluding ortho intramolecular Hbond substituents is 1. The lowest BCUT2D eigenvalue weighted by atomic mass is 9.99. The lowest BCUT2D eigenvalue weighted by Gasteiger charge is -2.07. The van der Waals surface area contributed by atoms with E-state index in [0.717, 1.165) is 0 Å². The third-order valence-electron chi connectivity index (χ3n) is 2.86. The van der Waals surface area contributed by atoms with Crippen molar-refractivity contribution < 1.29 is 19.8 Å². The summed E-state index contributed by atoms with van der Waals surface area (Å²) in [5.41, 5.74) is 0.607. The van der Waals surface area contributed by atoms with Gasteiger partial charge in [0.1, 0.15) is 5.75 Å². The zero-order valence-corrected chi connectivity index (χ0v) is 12.1. The molecule has 2 aromatic carbocycles. The van der Waals surface area contributed by atoms with Crippen molar-refractivity contribution in [2.75, 3.05) is 0 Å². The van der Waals surface area contributed by atoms with Crippen LogP contribution in [0.2, 0.25) is 10.0 Å². The number of carboxylic acid groups (broad SMARTS) is 1. The molecular weight excluding hydrogens is 315 g/mol. The summed E-state index contributed by atoms with van der Waals surface area (Å²) >= 11 is 11.8. The molecule has 0 amide bonds. The van der Waals surface area contributed by atoms with Gasteiger partial charge in [-0.25, -0.2) is 0 Å². The Balaban J connectivity index is 2.44. The Morgan fingerprint density at radius 2 is 1.76 bits per heavy atom. The first kappa shape index (κ1) is 15.4. The van der Waals surface area contributed by atoms with E-state index in [1.165, 1.54) is 30.3 Å². The SMILES string of the molecule is O=C(O)Cc1cc(C(=O)c2cc(Cl)ccc2Cl)ccc1O. The smallest absolute Gasteiger partial charge is 0.307 e. The molecule has 108 valence electrons. The normalized spacial score (nSPS) is 10.4. The molecule has 4 nitrogen and oxygen atoms in total. The van der Waals surface area contributed by atoms with Crippen LogP contribution in [0.15, 0.2) is 36.4 Å². The first-order valence-corrected chi connectivity index (χ1v) is 6.67. The van der Waals surface area contributed by atoms with Crippen LogP contribution in [0, 0.1) is 0 Å². The third-order valence-corrected chi connectivity index (χ3v) is 3.42. The molecule has 0 aliphatic rings. The summed E-state index contributed by atoms with van der Waals surface area (Å²) < 4.78 is 0. The van der Waals surface area contributed by atoms with Crippen LogP contribution in [0.5, 0.6) is 5.75 Å². The summed E-state index contributed by atoms with van der Waals surface area (Å²) in [7, 11) is 0. The molecule has 0 aliphatic heterocycles. The number of carboxylic acids is 1. The zero-order valence-electron chi connectivity index (χ0n) is 10.6. The average molecular weight is 325 g/mol. The largest absolute Gasteiger partial charge is 0.508 e. The van der Waals surface area contributed by atoms with Crippen LogP contribution in [-0.4, -0.2) is 22.0 Å². The number of hydrogen-bond acceptors (Lipinski definition) is 3. The Hall–Kier alpha value is -2.04. The number of aromatic hydroxyl groups is 1. The molecule has 6 heteroatoms. The molecule has 2 aromatic rings. The molecule has 0 fully saturated rings. The summed E-state index contributed by atoms with van der Waals surface area (Å²) in [5, 5.41) is 19.0. The molecule has 0 bridgehead atoms. The van der Waals surface area contributed by atoms with Crippen LogP contribution in [0.3, 0.4) is 0 Å². The molecule has 0 saturated heterocycles. The number of benzene rings is 2. The van der Waals surface area contributed by atoms with Crippen molar-refractivity contribution in [3.05, 3.63) is 63.1 Å². The fourth-order valence-corrected chi connectivity index (χ4v) is 2.23. The van der Waals surface area contributed by atoms with E-state index in [-0.39, 0.29) is 33.9 Å². The molecular formula is C15H10Cl2O4. The van der Waals surface area contributed by atoms with Gasteiger partial charge >= 0.3 is 5.97 Å². The molecule has 2 rings (SSSR count). The second-order valence-corrected chi connectivity index (χ2v) is 5.21. The van der Waals surface area contributed by atoms with E-state index in [0.29, 0.717) is 5.02 Å². The monoisotopic (exact) mass is 324 g/mol. The lowest BCUT2D eigenvalue weighted by Crippen LogP contribution is -2.05. The van der Waals surface area contributed by atoms with Crippen molar-refractivity contribution in [1.29, 1.82) is 0 Å². The molecule has 0 spiro atoms. The predicted molar refractivity (Wildman–Crippen MR) is 79.3 cm³/mol. The summed E-state index contributed by atoms with van der Waals surface area (Å²) in [6, 6.07) is 8.53. The van der Waals surface area contributed by atoms with Gasteiger partial charge in [-0.2, -0.15) is 0 Å². The molecule has 0 saturated carbocycles. The van der Waals surface area contributed by atoms with Crippen LogP contribution >= 0.6 is 23.2 Å². The van der Waals surface area contributed by atoms with Gasteiger partial charge in [-0.05, 0) is 36.4 Å². The lowest BCUT2D eigenvalue weighted by molar-refractivity contribution is -0.136. The van der Waals surface area contributed by atoms with Gasteiger partial charge in [0.05, 0.1) is 11.4 Å². The van der Waals surface area contributed by atoms with Crippen molar-refractivity contribution in [3.8, 4) is 5.75 Å². The summed E-state index contributed by atoms with van der Waals surface area (Å²) in [5.74, 6) is -1.67. The standard InChI is InChI=1S/C15H10Cl2O4/c16-10-2-3-12(17)11(7-10)15(21)8-1-4-13(18)9(5-8)6-14(19)20/h1-5,7,18H,6H2,(H,19,20). The van der Waals surface area contributed by atoms with E-state index in [2.05, 4.69) is 0 Å². The fourth-order valence-electron chi connectivity index (χ4n) is 1.86. The predicted octanol–water partition coefficient (Wildman–Crippen LogP) is 3.56. The van der Waals surface area contributed by atoms with E-state index in [4.69, 9.17) is 28.3 Å². The molecule has 21 heavy (non-hydrogen) atoms. The Morgan fingerprint density at radius 3 is 2.43 bits per heavy atom. The summed E-state index contributed by atoms with van der Waals surface area (Å²) in [6.45, 7) is 0. The van der Waals surface area contributed by atoms with Crippen LogP contribution in [0.1, 0.15) is 21.5 Å². The Kier molecular flexibility index (Phi) is 4.50. The second-order valence-electron chi connectivity index (χ2n) is 4.37. The average Bonchev–Trinajstić information content (AvgIpc) is 2.42. The van der Waals surface area contributed by atoms with Crippen molar-refractivity contribution in [2.24, 2.45) is 0 Å². The molecule has 0 atom stereocenters. The van der Waals surface area contributed by atoms with E-state index >= 15 is 0 Å². The van der Waals surface area contributed by atoms with Gasteiger partial charge in [0.25, 0.3) is 0 Å². The summed E-state index contributed by atoms with van der Waals surface area (Å²) in [6.07, 6.45) is -0.379. The number of ketones is 1. The van der Waals surface area contributed by atoms with Gasteiger partial charge in [0, 0.05) is 21.7 Å². The van der Waals surface area contributed by atoms with Gasteiger partial charge in [-0.15, -0.1) is 0 Å². The number of halogens is 2. The highest BCUT2D eigenvalue weighted by molar-refractivity contribution is 6.36. The van der Waals surface area contributed by atoms with E-state index < -0.39 is 11.8 Å². The Morgan fingerprint density at radius 1 is 1.05 bits per heavy atom. The van der Waals surface area contributed by atoms with E-state index in [1.54, 1.807) is 6.07 Å². The third kappa shape index (κ3) is 3.54. The van der Waals surface area contributed by atoms with Crippen molar-refractivity contribution in [3.63, 3.8) is 0 Å². The number of carbonyl (C=O) groups is 2. The van der Waals surface area contributed by atoms with E-state index in [9.17, 15) is 14.7 Å². The molecule has 0 heterocycles. The highest BCUT2D eigenvalue weighted by atomic mass is 35.5. The second kappa shape index (κ2) is 6.16. The first-order chi connectivity index (χ1) is 9.88. The summed E-state index contributed by atoms with van der Waals surface area (Å²) in [4.78, 5) is 23.1. The first-order valence-electron chi connectivity index (χ1n) is 5.92. The fraction of sp³-hybridized carbons (Fsp3) is 0.0667. The minimum atomic E-state index is -1.10. The number of phenols is 1. The minimum Gasteiger partial charge on any atom is -0.508 e. The zero-order chi connectivity index (χ0) is 15.6. The molecule has 0 aliphatic carbocycles. The Labute approximate surface area is 130 Å². The van der Waals surface area contributed by atoms with Crippen LogP contribution in [-0.2, 0) is 11.2 Å². The molecule has 0 unspecified atom stereocenters. The molecule has 0 aromatic heterocycles. The van der Waals surface area contributed by atoms with Gasteiger partial charge in [0.15, 0.2) is 5.78 Å². The van der Waals surface area contributed by atoms with Crippen molar-refractivity contribution in [1.82, 2.24) is 0 Å². The highest BCUT2D eigenvalue weighted by Crippen LogP contribution is 2.26. The quantitative estimate of drug-likeness (QED) is 0.843. The van der Waals surface area contributed by atoms with Crippen LogP contribution < -0.4 is 0 Å². The Bertz CT molecular complexity index is 726. The number of carbonyl (C=O) groups excluding carboxylic acids is 1. The molecule has 0 radical (unpaired) electrons. The number of aliphatic carboxylic acids is 1. The van der Waals surface area contributed by atoms with E-state index in [1.807, 2.05) is 0 Å². The topological polar surface area (TPSA) is 74.6 Å². The minimum absolute atomic E-state index is 0.159. The van der Waals surface area contributed by atoms with Crippen molar-refractivity contribution >= 4 is 35.0 Å².